The van der Waals surface area contributed by atoms with Crippen LogP contribution in [0.3, 0.4) is 0 Å². The van der Waals surface area contributed by atoms with E-state index in [4.69, 9.17) is 10.5 Å². The smallest absolute Gasteiger partial charge is 0.227 e. The van der Waals surface area contributed by atoms with Crippen molar-refractivity contribution in [2.24, 2.45) is 11.7 Å². The van der Waals surface area contributed by atoms with Crippen molar-refractivity contribution < 1.29 is 9.53 Å². The van der Waals surface area contributed by atoms with Crippen LogP contribution in [0.15, 0.2) is 0 Å². The van der Waals surface area contributed by atoms with Crippen molar-refractivity contribution >= 4 is 5.91 Å². The maximum atomic E-state index is 11.9. The Morgan fingerprint density at radius 1 is 1.41 bits per heavy atom. The van der Waals surface area contributed by atoms with E-state index in [0.717, 1.165) is 6.42 Å². The summed E-state index contributed by atoms with van der Waals surface area (Å²) in [5, 5.41) is 3.03. The van der Waals surface area contributed by atoms with Crippen molar-refractivity contribution in [3.05, 3.63) is 0 Å². The molecule has 4 nitrogen and oxygen atoms in total. The van der Waals surface area contributed by atoms with Gasteiger partial charge in [0.05, 0.1) is 19.1 Å². The highest BCUT2D eigenvalue weighted by Crippen LogP contribution is 2.12. The standard InChI is InChI=1S/C13H26N2O2/c1-3-4-5-6-7-10(2)15-13(16)11-8-17-9-12(11)14/h10-12H,3-9,14H2,1-2H3,(H,15,16). The molecule has 0 aliphatic carbocycles. The zero-order valence-corrected chi connectivity index (χ0v) is 11.1. The second-order valence-electron chi connectivity index (χ2n) is 5.07. The van der Waals surface area contributed by atoms with Crippen LogP contribution in [0.1, 0.15) is 46.0 Å². The quantitative estimate of drug-likeness (QED) is 0.664. The molecule has 0 aromatic carbocycles. The molecule has 1 saturated heterocycles. The van der Waals surface area contributed by atoms with E-state index in [9.17, 15) is 4.79 Å². The molecule has 1 aliphatic heterocycles. The molecule has 3 N–H and O–H groups in total. The summed E-state index contributed by atoms with van der Waals surface area (Å²) in [6.07, 6.45) is 6.01. The Balaban J connectivity index is 2.16. The van der Waals surface area contributed by atoms with Gasteiger partial charge in [0.2, 0.25) is 5.91 Å². The van der Waals surface area contributed by atoms with E-state index in [0.29, 0.717) is 13.2 Å². The molecule has 0 spiro atoms. The Morgan fingerprint density at radius 3 is 2.76 bits per heavy atom. The van der Waals surface area contributed by atoms with Crippen LogP contribution in [0.2, 0.25) is 0 Å². The molecule has 1 heterocycles. The van der Waals surface area contributed by atoms with Crippen molar-refractivity contribution in [1.29, 1.82) is 0 Å². The number of hydrogen-bond acceptors (Lipinski definition) is 3. The summed E-state index contributed by atoms with van der Waals surface area (Å²) in [5.41, 5.74) is 5.81. The molecule has 1 amide bonds. The first-order valence-corrected chi connectivity index (χ1v) is 6.78. The Morgan fingerprint density at radius 2 is 2.18 bits per heavy atom. The fourth-order valence-electron chi connectivity index (χ4n) is 2.14. The molecular formula is C13H26N2O2. The molecular weight excluding hydrogens is 216 g/mol. The molecule has 1 fully saturated rings. The molecule has 17 heavy (non-hydrogen) atoms. The Kier molecular flexibility index (Phi) is 6.52. The van der Waals surface area contributed by atoms with Gasteiger partial charge in [-0.25, -0.2) is 0 Å². The van der Waals surface area contributed by atoms with Gasteiger partial charge < -0.3 is 15.8 Å². The Bertz CT molecular complexity index is 233. The van der Waals surface area contributed by atoms with E-state index in [2.05, 4.69) is 19.2 Å². The summed E-state index contributed by atoms with van der Waals surface area (Å²) in [6, 6.07) is 0.106. The monoisotopic (exact) mass is 242 g/mol. The minimum absolute atomic E-state index is 0.0537. The Labute approximate surface area is 104 Å². The van der Waals surface area contributed by atoms with Gasteiger partial charge in [-0.3, -0.25) is 4.79 Å². The van der Waals surface area contributed by atoms with Crippen LogP contribution in [0, 0.1) is 5.92 Å². The highest BCUT2D eigenvalue weighted by atomic mass is 16.5. The molecule has 1 aliphatic rings. The number of unbranched alkanes of at least 4 members (excludes halogenated alkanes) is 3. The normalized spacial score (nSPS) is 25.8. The van der Waals surface area contributed by atoms with Gasteiger partial charge in [0.1, 0.15) is 0 Å². The second kappa shape index (κ2) is 7.67. The molecule has 1 rings (SSSR count). The first-order chi connectivity index (χ1) is 8.15. The number of hydrogen-bond donors (Lipinski definition) is 2. The first kappa shape index (κ1) is 14.5. The molecule has 4 heteroatoms. The van der Waals surface area contributed by atoms with Crippen molar-refractivity contribution in [2.75, 3.05) is 13.2 Å². The van der Waals surface area contributed by atoms with Gasteiger partial charge in [-0.15, -0.1) is 0 Å². The fraction of sp³-hybridized carbons (Fsp3) is 0.923. The van der Waals surface area contributed by atoms with Crippen LogP contribution in [-0.2, 0) is 9.53 Å². The second-order valence-corrected chi connectivity index (χ2v) is 5.07. The molecule has 100 valence electrons. The lowest BCUT2D eigenvalue weighted by Crippen LogP contribution is -2.44. The third-order valence-corrected chi connectivity index (χ3v) is 3.34. The molecule has 0 saturated carbocycles. The lowest BCUT2D eigenvalue weighted by Gasteiger charge is -2.18. The summed E-state index contributed by atoms with van der Waals surface area (Å²) < 4.78 is 5.20. The van der Waals surface area contributed by atoms with Crippen molar-refractivity contribution in [3.8, 4) is 0 Å². The summed E-state index contributed by atoms with van der Waals surface area (Å²) in [7, 11) is 0. The number of rotatable bonds is 7. The van der Waals surface area contributed by atoms with Crippen molar-refractivity contribution in [2.45, 2.75) is 58.0 Å². The van der Waals surface area contributed by atoms with Gasteiger partial charge >= 0.3 is 0 Å². The minimum atomic E-state index is -0.159. The van der Waals surface area contributed by atoms with Crippen LogP contribution in [0.25, 0.3) is 0 Å². The van der Waals surface area contributed by atoms with E-state index < -0.39 is 0 Å². The van der Waals surface area contributed by atoms with Crippen molar-refractivity contribution in [3.63, 3.8) is 0 Å². The Hall–Kier alpha value is -0.610. The van der Waals surface area contributed by atoms with Crippen LogP contribution in [-0.4, -0.2) is 31.2 Å². The zero-order chi connectivity index (χ0) is 12.7. The van der Waals surface area contributed by atoms with E-state index in [1.165, 1.54) is 25.7 Å². The lowest BCUT2D eigenvalue weighted by molar-refractivity contribution is -0.125. The van der Waals surface area contributed by atoms with E-state index in [-0.39, 0.29) is 23.9 Å². The number of ether oxygens (including phenoxy) is 1. The summed E-state index contributed by atoms with van der Waals surface area (Å²) in [5.74, 6) is -0.105. The highest BCUT2D eigenvalue weighted by Gasteiger charge is 2.31. The van der Waals surface area contributed by atoms with E-state index in [1.807, 2.05) is 0 Å². The van der Waals surface area contributed by atoms with Crippen LogP contribution < -0.4 is 11.1 Å². The summed E-state index contributed by atoms with van der Waals surface area (Å²) in [4.78, 5) is 11.9. The number of amides is 1. The van der Waals surface area contributed by atoms with Gasteiger partial charge in [-0.05, 0) is 13.3 Å². The largest absolute Gasteiger partial charge is 0.379 e. The average molecular weight is 242 g/mol. The topological polar surface area (TPSA) is 64.3 Å². The van der Waals surface area contributed by atoms with Crippen molar-refractivity contribution in [1.82, 2.24) is 5.32 Å². The summed E-state index contributed by atoms with van der Waals surface area (Å²) >= 11 is 0. The first-order valence-electron chi connectivity index (χ1n) is 6.78. The van der Waals surface area contributed by atoms with Gasteiger partial charge in [0, 0.05) is 12.1 Å². The van der Waals surface area contributed by atoms with Crippen LogP contribution >= 0.6 is 0 Å². The van der Waals surface area contributed by atoms with E-state index >= 15 is 0 Å². The maximum absolute atomic E-state index is 11.9. The molecule has 3 unspecified atom stereocenters. The van der Waals surface area contributed by atoms with Gasteiger partial charge in [0.15, 0.2) is 0 Å². The number of nitrogens with two attached hydrogens (primary N) is 1. The maximum Gasteiger partial charge on any atom is 0.227 e. The molecule has 0 radical (unpaired) electrons. The highest BCUT2D eigenvalue weighted by molar-refractivity contribution is 5.80. The minimum Gasteiger partial charge on any atom is -0.379 e. The van der Waals surface area contributed by atoms with Gasteiger partial charge in [-0.2, -0.15) is 0 Å². The third kappa shape index (κ3) is 5.04. The van der Waals surface area contributed by atoms with Gasteiger partial charge in [-0.1, -0.05) is 32.6 Å². The number of carbonyl (C=O) groups is 1. The molecule has 3 atom stereocenters. The van der Waals surface area contributed by atoms with Crippen LogP contribution in [0.5, 0.6) is 0 Å². The van der Waals surface area contributed by atoms with Gasteiger partial charge in [0.25, 0.3) is 0 Å². The third-order valence-electron chi connectivity index (χ3n) is 3.34. The predicted octanol–water partition coefficient (Wildman–Crippen LogP) is 1.44. The molecule has 0 aromatic heterocycles. The summed E-state index contributed by atoms with van der Waals surface area (Å²) in [6.45, 7) is 5.23. The zero-order valence-electron chi connectivity index (χ0n) is 11.1. The number of nitrogens with one attached hydrogen (secondary N) is 1. The fourth-order valence-corrected chi connectivity index (χ4v) is 2.14. The van der Waals surface area contributed by atoms with Crippen LogP contribution in [0.4, 0.5) is 0 Å². The number of carbonyl (C=O) groups excluding carboxylic acids is 1. The predicted molar refractivity (Wildman–Crippen MR) is 68.6 cm³/mol. The van der Waals surface area contributed by atoms with E-state index in [1.54, 1.807) is 0 Å². The average Bonchev–Trinajstić information content (AvgIpc) is 2.71. The molecule has 0 bridgehead atoms. The SMILES string of the molecule is CCCCCCC(C)NC(=O)C1COCC1N. The lowest BCUT2D eigenvalue weighted by atomic mass is 10.0. The molecule has 0 aromatic rings.